The lowest BCUT2D eigenvalue weighted by molar-refractivity contribution is 0.0741. The Balaban J connectivity index is 1.53. The first-order valence-electron chi connectivity index (χ1n) is 15.2. The van der Waals surface area contributed by atoms with Crippen LogP contribution in [0, 0.1) is 11.8 Å². The molecule has 40 heavy (non-hydrogen) atoms. The fraction of sp³-hybridized carbons (Fsp3) is 0.594. The Morgan fingerprint density at radius 3 is 2.50 bits per heavy atom. The first-order valence-corrected chi connectivity index (χ1v) is 16.1. The van der Waals surface area contributed by atoms with Gasteiger partial charge in [-0.15, -0.1) is 11.3 Å². The van der Waals surface area contributed by atoms with Crippen molar-refractivity contribution in [1.82, 2.24) is 23.8 Å². The van der Waals surface area contributed by atoms with Crippen LogP contribution in [-0.4, -0.2) is 61.9 Å². The molecule has 3 aromatic heterocycles. The average Bonchev–Trinajstić information content (AvgIpc) is 3.52. The van der Waals surface area contributed by atoms with Gasteiger partial charge in [-0.25, -0.2) is 9.38 Å². The number of benzene rings is 1. The number of carbonyl (C=O) groups is 1. The van der Waals surface area contributed by atoms with Gasteiger partial charge in [-0.2, -0.15) is 0 Å². The number of aryl methyl sites for hydroxylation is 1. The SMILES string of the molecule is CC(C)CCN(CCC(C)C)C(=O)c1ccc2c(c1)n(CCCN1CCCCC1C)c1nc3ccsc3c(=O)n21. The molecule has 0 radical (unpaired) electrons. The van der Waals surface area contributed by atoms with E-state index in [2.05, 4.69) is 44.1 Å². The standard InChI is InChI=1S/C32H45N5O2S/c1-22(2)12-18-35(19-13-23(3)4)30(38)25-10-11-27-28(21-25)36(17-8-16-34-15-7-6-9-24(34)5)32-33-26-14-20-40-29(26)31(39)37(27)32/h10-11,14,20-24H,6-9,12-13,15-19H2,1-5H3. The van der Waals surface area contributed by atoms with Crippen LogP contribution in [-0.2, 0) is 6.54 Å². The zero-order valence-corrected chi connectivity index (χ0v) is 25.7. The fourth-order valence-electron chi connectivity index (χ4n) is 5.94. The molecule has 0 saturated carbocycles. The van der Waals surface area contributed by atoms with Crippen molar-refractivity contribution in [2.45, 2.75) is 85.7 Å². The molecule has 8 heteroatoms. The van der Waals surface area contributed by atoms with Crippen molar-refractivity contribution in [3.63, 3.8) is 0 Å². The van der Waals surface area contributed by atoms with Crippen LogP contribution in [0.5, 0.6) is 0 Å². The third kappa shape index (κ3) is 5.98. The Hall–Kier alpha value is -2.71. The van der Waals surface area contributed by atoms with Gasteiger partial charge in [-0.3, -0.25) is 9.59 Å². The van der Waals surface area contributed by atoms with Gasteiger partial charge in [0.2, 0.25) is 5.78 Å². The minimum absolute atomic E-state index is 0.0297. The maximum Gasteiger partial charge on any atom is 0.277 e. The Labute approximate surface area is 241 Å². The number of carbonyl (C=O) groups excluding carboxylic acids is 1. The number of hydrogen-bond donors (Lipinski definition) is 0. The van der Waals surface area contributed by atoms with Gasteiger partial charge < -0.3 is 14.4 Å². The molecule has 1 aliphatic rings. The smallest absolute Gasteiger partial charge is 0.277 e. The number of thiophene rings is 1. The molecule has 4 aromatic rings. The maximum atomic E-state index is 13.8. The summed E-state index contributed by atoms with van der Waals surface area (Å²) in [5, 5.41) is 1.93. The average molecular weight is 564 g/mol. The van der Waals surface area contributed by atoms with Crippen molar-refractivity contribution in [2.24, 2.45) is 11.8 Å². The number of rotatable bonds is 11. The van der Waals surface area contributed by atoms with E-state index >= 15 is 0 Å². The molecule has 0 aliphatic carbocycles. The molecule has 1 saturated heterocycles. The molecular formula is C32H45N5O2S. The van der Waals surface area contributed by atoms with Crippen molar-refractivity contribution < 1.29 is 4.79 Å². The highest BCUT2D eigenvalue weighted by molar-refractivity contribution is 7.17. The summed E-state index contributed by atoms with van der Waals surface area (Å²) in [5.74, 6) is 1.81. The van der Waals surface area contributed by atoms with E-state index < -0.39 is 0 Å². The van der Waals surface area contributed by atoms with Crippen LogP contribution in [0.15, 0.2) is 34.4 Å². The molecule has 0 spiro atoms. The Kier molecular flexibility index (Phi) is 8.95. The summed E-state index contributed by atoms with van der Waals surface area (Å²) in [6.45, 7) is 15.6. The van der Waals surface area contributed by atoms with Crippen molar-refractivity contribution in [3.8, 4) is 0 Å². The van der Waals surface area contributed by atoms with E-state index in [4.69, 9.17) is 4.98 Å². The number of fused-ring (bicyclic) bond motifs is 4. The van der Waals surface area contributed by atoms with Gasteiger partial charge in [0.1, 0.15) is 4.70 Å². The molecule has 1 fully saturated rings. The van der Waals surface area contributed by atoms with E-state index in [1.165, 1.54) is 30.6 Å². The molecule has 1 atom stereocenters. The van der Waals surface area contributed by atoms with E-state index in [1.807, 2.05) is 34.5 Å². The van der Waals surface area contributed by atoms with Gasteiger partial charge in [0.05, 0.1) is 16.6 Å². The second kappa shape index (κ2) is 12.4. The number of hydrogen-bond acceptors (Lipinski definition) is 5. The lowest BCUT2D eigenvalue weighted by Crippen LogP contribution is -2.38. The molecule has 0 bridgehead atoms. The Bertz CT molecular complexity index is 1520. The monoisotopic (exact) mass is 563 g/mol. The van der Waals surface area contributed by atoms with E-state index in [9.17, 15) is 9.59 Å². The fourth-order valence-corrected chi connectivity index (χ4v) is 6.70. The minimum atomic E-state index is -0.0297. The summed E-state index contributed by atoms with van der Waals surface area (Å²) in [7, 11) is 0. The summed E-state index contributed by atoms with van der Waals surface area (Å²) >= 11 is 1.44. The highest BCUT2D eigenvalue weighted by Crippen LogP contribution is 2.25. The second-order valence-electron chi connectivity index (χ2n) is 12.4. The van der Waals surface area contributed by atoms with E-state index in [0.717, 1.165) is 68.5 Å². The van der Waals surface area contributed by atoms with Crippen LogP contribution in [0.3, 0.4) is 0 Å². The van der Waals surface area contributed by atoms with Gasteiger partial charge in [-0.05, 0) is 87.1 Å². The lowest BCUT2D eigenvalue weighted by Gasteiger charge is -2.33. The number of aromatic nitrogens is 3. The summed E-state index contributed by atoms with van der Waals surface area (Å²) in [4.78, 5) is 37.0. The first-order chi connectivity index (χ1) is 19.2. The summed E-state index contributed by atoms with van der Waals surface area (Å²) < 4.78 is 4.60. The van der Waals surface area contributed by atoms with Crippen LogP contribution in [0.1, 0.15) is 83.5 Å². The first kappa shape index (κ1) is 28.8. The highest BCUT2D eigenvalue weighted by Gasteiger charge is 2.22. The third-order valence-corrected chi connectivity index (χ3v) is 9.36. The van der Waals surface area contributed by atoms with Crippen LogP contribution < -0.4 is 5.56 Å². The number of imidazole rings is 1. The van der Waals surface area contributed by atoms with Gasteiger partial charge in [0.15, 0.2) is 0 Å². The van der Waals surface area contributed by atoms with Gasteiger partial charge in [0.25, 0.3) is 11.5 Å². The topological polar surface area (TPSA) is 62.9 Å². The molecule has 5 rings (SSSR count). The molecule has 4 heterocycles. The van der Waals surface area contributed by atoms with E-state index in [1.54, 1.807) is 4.40 Å². The number of likely N-dealkylation sites (tertiary alicyclic amines) is 1. The molecule has 1 aromatic carbocycles. The molecule has 0 N–H and O–H groups in total. The van der Waals surface area contributed by atoms with Crippen molar-refractivity contribution in [1.29, 1.82) is 0 Å². The second-order valence-corrected chi connectivity index (χ2v) is 13.4. The summed E-state index contributed by atoms with van der Waals surface area (Å²) in [6, 6.07) is 8.39. The number of piperidine rings is 1. The van der Waals surface area contributed by atoms with Crippen molar-refractivity contribution in [3.05, 3.63) is 45.6 Å². The quantitative estimate of drug-likeness (QED) is 0.205. The molecule has 1 unspecified atom stereocenters. The number of nitrogens with zero attached hydrogens (tertiary/aromatic N) is 5. The van der Waals surface area contributed by atoms with Crippen LogP contribution in [0.4, 0.5) is 0 Å². The van der Waals surface area contributed by atoms with Crippen LogP contribution in [0.2, 0.25) is 0 Å². The lowest BCUT2D eigenvalue weighted by atomic mass is 10.0. The maximum absolute atomic E-state index is 13.8. The normalized spacial score (nSPS) is 16.7. The Morgan fingerprint density at radius 1 is 1.05 bits per heavy atom. The van der Waals surface area contributed by atoms with E-state index in [-0.39, 0.29) is 11.5 Å². The third-order valence-electron chi connectivity index (χ3n) is 8.47. The minimum Gasteiger partial charge on any atom is -0.339 e. The molecule has 216 valence electrons. The van der Waals surface area contributed by atoms with Crippen molar-refractivity contribution >= 4 is 44.3 Å². The number of amides is 1. The molecule has 1 amide bonds. The van der Waals surface area contributed by atoms with Crippen LogP contribution >= 0.6 is 11.3 Å². The predicted molar refractivity (Wildman–Crippen MR) is 167 cm³/mol. The van der Waals surface area contributed by atoms with Gasteiger partial charge in [0, 0.05) is 37.8 Å². The highest BCUT2D eigenvalue weighted by atomic mass is 32.1. The predicted octanol–water partition coefficient (Wildman–Crippen LogP) is 6.66. The zero-order chi connectivity index (χ0) is 28.4. The van der Waals surface area contributed by atoms with E-state index in [0.29, 0.717) is 33.9 Å². The molecular weight excluding hydrogens is 518 g/mol. The largest absolute Gasteiger partial charge is 0.339 e. The molecule has 7 nitrogen and oxygen atoms in total. The van der Waals surface area contributed by atoms with Gasteiger partial charge in [-0.1, -0.05) is 34.1 Å². The summed E-state index contributed by atoms with van der Waals surface area (Å²) in [6.07, 6.45) is 6.78. The Morgan fingerprint density at radius 2 is 1.80 bits per heavy atom. The molecule has 1 aliphatic heterocycles. The van der Waals surface area contributed by atoms with Crippen LogP contribution in [0.25, 0.3) is 27.0 Å². The van der Waals surface area contributed by atoms with Gasteiger partial charge >= 0.3 is 0 Å². The van der Waals surface area contributed by atoms with Crippen molar-refractivity contribution in [2.75, 3.05) is 26.2 Å². The zero-order valence-electron chi connectivity index (χ0n) is 24.9. The summed E-state index contributed by atoms with van der Waals surface area (Å²) in [5.41, 5.74) is 3.13.